The monoisotopic (exact) mass is 382 g/mol. The van der Waals surface area contributed by atoms with Crippen molar-refractivity contribution < 1.29 is 19.1 Å². The average molecular weight is 382 g/mol. The van der Waals surface area contributed by atoms with E-state index in [1.807, 2.05) is 32.0 Å². The SMILES string of the molecule is Cc1ccc(NC(=O)COC(=O)[C@@H](NC(=O)c2cccc(C)c2)C(C)C)cc1. The van der Waals surface area contributed by atoms with Crippen molar-refractivity contribution in [2.75, 3.05) is 11.9 Å². The fourth-order valence-corrected chi connectivity index (χ4v) is 2.57. The van der Waals surface area contributed by atoms with E-state index in [-0.39, 0.29) is 11.8 Å². The standard InChI is InChI=1S/C22H26N2O4/c1-14(2)20(24-21(26)17-7-5-6-16(4)12-17)22(27)28-13-19(25)23-18-10-8-15(3)9-11-18/h5-12,14,20H,13H2,1-4H3,(H,23,25)(H,24,26)/t20-/m0/s1. The highest BCUT2D eigenvalue weighted by Gasteiger charge is 2.26. The number of aryl methyl sites for hydroxylation is 2. The molecule has 2 N–H and O–H groups in total. The van der Waals surface area contributed by atoms with Gasteiger partial charge in [0.05, 0.1) is 0 Å². The van der Waals surface area contributed by atoms with Crippen molar-refractivity contribution in [1.29, 1.82) is 0 Å². The largest absolute Gasteiger partial charge is 0.454 e. The fraction of sp³-hybridized carbons (Fsp3) is 0.318. The molecule has 0 saturated carbocycles. The first-order chi connectivity index (χ1) is 13.3. The van der Waals surface area contributed by atoms with Gasteiger partial charge in [0.1, 0.15) is 6.04 Å². The van der Waals surface area contributed by atoms with Gasteiger partial charge in [0, 0.05) is 11.3 Å². The minimum absolute atomic E-state index is 0.193. The van der Waals surface area contributed by atoms with Gasteiger partial charge in [0.25, 0.3) is 11.8 Å². The Kier molecular flexibility index (Phi) is 7.32. The molecule has 1 atom stereocenters. The molecular formula is C22H26N2O4. The van der Waals surface area contributed by atoms with Gasteiger partial charge in [-0.1, -0.05) is 49.2 Å². The third-order valence-electron chi connectivity index (χ3n) is 4.17. The van der Waals surface area contributed by atoms with Gasteiger partial charge >= 0.3 is 5.97 Å². The molecule has 0 bridgehead atoms. The van der Waals surface area contributed by atoms with Crippen molar-refractivity contribution in [2.24, 2.45) is 5.92 Å². The van der Waals surface area contributed by atoms with Crippen molar-refractivity contribution in [3.8, 4) is 0 Å². The molecule has 0 aliphatic carbocycles. The minimum atomic E-state index is -0.847. The van der Waals surface area contributed by atoms with E-state index in [9.17, 15) is 14.4 Å². The third-order valence-corrected chi connectivity index (χ3v) is 4.17. The van der Waals surface area contributed by atoms with Crippen LogP contribution in [0.2, 0.25) is 0 Å². The van der Waals surface area contributed by atoms with E-state index in [0.29, 0.717) is 11.3 Å². The molecule has 2 amide bonds. The molecule has 2 aromatic rings. The number of carbonyl (C=O) groups is 3. The van der Waals surface area contributed by atoms with E-state index in [1.54, 1.807) is 44.2 Å². The highest BCUT2D eigenvalue weighted by atomic mass is 16.5. The predicted molar refractivity (Wildman–Crippen MR) is 108 cm³/mol. The van der Waals surface area contributed by atoms with E-state index >= 15 is 0 Å². The molecule has 0 aromatic heterocycles. The van der Waals surface area contributed by atoms with Crippen LogP contribution in [0, 0.1) is 19.8 Å². The average Bonchev–Trinajstić information content (AvgIpc) is 2.65. The first-order valence-electron chi connectivity index (χ1n) is 9.17. The lowest BCUT2D eigenvalue weighted by atomic mass is 10.0. The van der Waals surface area contributed by atoms with Crippen molar-refractivity contribution in [1.82, 2.24) is 5.32 Å². The first kappa shape index (κ1) is 21.2. The van der Waals surface area contributed by atoms with Crippen molar-refractivity contribution in [3.05, 3.63) is 65.2 Å². The minimum Gasteiger partial charge on any atom is -0.454 e. The van der Waals surface area contributed by atoms with Gasteiger partial charge in [-0.2, -0.15) is 0 Å². The van der Waals surface area contributed by atoms with Gasteiger partial charge in [-0.15, -0.1) is 0 Å². The number of amides is 2. The second-order valence-corrected chi connectivity index (χ2v) is 7.09. The molecule has 0 radical (unpaired) electrons. The van der Waals surface area contributed by atoms with Gasteiger partial charge < -0.3 is 15.4 Å². The second kappa shape index (κ2) is 9.69. The van der Waals surface area contributed by atoms with Crippen LogP contribution < -0.4 is 10.6 Å². The quantitative estimate of drug-likeness (QED) is 0.720. The highest BCUT2D eigenvalue weighted by Crippen LogP contribution is 2.10. The number of carbonyl (C=O) groups excluding carboxylic acids is 3. The summed E-state index contributed by atoms with van der Waals surface area (Å²) in [4.78, 5) is 36.8. The summed E-state index contributed by atoms with van der Waals surface area (Å²) in [6, 6.07) is 13.5. The number of hydrogen-bond acceptors (Lipinski definition) is 4. The molecule has 0 spiro atoms. The summed E-state index contributed by atoms with van der Waals surface area (Å²) in [5.74, 6) is -1.63. The Morgan fingerprint density at radius 2 is 1.64 bits per heavy atom. The van der Waals surface area contributed by atoms with E-state index in [2.05, 4.69) is 10.6 Å². The van der Waals surface area contributed by atoms with Crippen LogP contribution in [0.1, 0.15) is 35.3 Å². The van der Waals surface area contributed by atoms with Crippen LogP contribution in [-0.4, -0.2) is 30.4 Å². The summed E-state index contributed by atoms with van der Waals surface area (Å²) in [5, 5.41) is 5.36. The Morgan fingerprint density at radius 1 is 0.964 bits per heavy atom. The van der Waals surface area contributed by atoms with Crippen molar-refractivity contribution in [2.45, 2.75) is 33.7 Å². The predicted octanol–water partition coefficient (Wildman–Crippen LogP) is 3.24. The van der Waals surface area contributed by atoms with Gasteiger partial charge in [-0.05, 0) is 44.0 Å². The Labute approximate surface area is 165 Å². The maximum Gasteiger partial charge on any atom is 0.329 e. The summed E-state index contributed by atoms with van der Waals surface area (Å²) in [5.41, 5.74) is 3.12. The molecule has 148 valence electrons. The first-order valence-corrected chi connectivity index (χ1v) is 9.17. The number of anilines is 1. The van der Waals surface area contributed by atoms with Crippen molar-refractivity contribution >= 4 is 23.5 Å². The zero-order valence-corrected chi connectivity index (χ0v) is 16.6. The Morgan fingerprint density at radius 3 is 2.25 bits per heavy atom. The fourth-order valence-electron chi connectivity index (χ4n) is 2.57. The van der Waals surface area contributed by atoms with Crippen LogP contribution in [0.25, 0.3) is 0 Å². The van der Waals surface area contributed by atoms with Gasteiger partial charge in [-0.3, -0.25) is 9.59 Å². The topological polar surface area (TPSA) is 84.5 Å². The van der Waals surface area contributed by atoms with Crippen LogP contribution >= 0.6 is 0 Å². The summed E-state index contributed by atoms with van der Waals surface area (Å²) < 4.78 is 5.12. The molecule has 6 heteroatoms. The van der Waals surface area contributed by atoms with Gasteiger partial charge in [0.2, 0.25) is 0 Å². The molecule has 0 unspecified atom stereocenters. The van der Waals surface area contributed by atoms with Crippen LogP contribution in [0.5, 0.6) is 0 Å². The van der Waals surface area contributed by atoms with Crippen LogP contribution in [0.3, 0.4) is 0 Å². The third kappa shape index (κ3) is 6.23. The number of nitrogens with one attached hydrogen (secondary N) is 2. The lowest BCUT2D eigenvalue weighted by molar-refractivity contribution is -0.150. The maximum atomic E-state index is 12.4. The van der Waals surface area contributed by atoms with Crippen molar-refractivity contribution in [3.63, 3.8) is 0 Å². The Balaban J connectivity index is 1.92. The summed E-state index contributed by atoms with van der Waals surface area (Å²) in [6.07, 6.45) is 0. The second-order valence-electron chi connectivity index (χ2n) is 7.09. The number of ether oxygens (including phenoxy) is 1. The molecule has 0 aliphatic rings. The molecule has 6 nitrogen and oxygen atoms in total. The normalized spacial score (nSPS) is 11.6. The summed E-state index contributed by atoms with van der Waals surface area (Å²) >= 11 is 0. The summed E-state index contributed by atoms with van der Waals surface area (Å²) in [6.45, 7) is 7.02. The molecule has 28 heavy (non-hydrogen) atoms. The molecule has 0 aliphatic heterocycles. The number of benzene rings is 2. The number of hydrogen-bond donors (Lipinski definition) is 2. The van der Waals surface area contributed by atoms with E-state index in [4.69, 9.17) is 4.74 Å². The number of rotatable bonds is 7. The smallest absolute Gasteiger partial charge is 0.329 e. The van der Waals surface area contributed by atoms with Gasteiger partial charge in [0.15, 0.2) is 6.61 Å². The zero-order valence-electron chi connectivity index (χ0n) is 16.6. The number of esters is 1. The van der Waals surface area contributed by atoms with E-state index in [0.717, 1.165) is 11.1 Å². The van der Waals surface area contributed by atoms with Crippen LogP contribution in [-0.2, 0) is 14.3 Å². The lowest BCUT2D eigenvalue weighted by Gasteiger charge is -2.21. The lowest BCUT2D eigenvalue weighted by Crippen LogP contribution is -2.45. The van der Waals surface area contributed by atoms with E-state index < -0.39 is 24.5 Å². The molecule has 0 heterocycles. The Bertz CT molecular complexity index is 844. The van der Waals surface area contributed by atoms with Gasteiger partial charge in [-0.25, -0.2) is 4.79 Å². The van der Waals surface area contributed by atoms with Crippen LogP contribution in [0.4, 0.5) is 5.69 Å². The van der Waals surface area contributed by atoms with E-state index in [1.165, 1.54) is 0 Å². The molecule has 2 rings (SSSR count). The molecule has 0 fully saturated rings. The van der Waals surface area contributed by atoms with Crippen LogP contribution in [0.15, 0.2) is 48.5 Å². The highest BCUT2D eigenvalue weighted by molar-refractivity contribution is 5.97. The molecule has 2 aromatic carbocycles. The molecule has 0 saturated heterocycles. The summed E-state index contributed by atoms with van der Waals surface area (Å²) in [7, 11) is 0. The molecular weight excluding hydrogens is 356 g/mol. The maximum absolute atomic E-state index is 12.4. The Hall–Kier alpha value is -3.15. The zero-order chi connectivity index (χ0) is 20.7.